The Labute approximate surface area is 117 Å². The molecule has 2 aromatic carbocycles. The van der Waals surface area contributed by atoms with Crippen LogP contribution in [-0.4, -0.2) is 13.7 Å². The first kappa shape index (κ1) is 13.3. The topological polar surface area (TPSA) is 9.23 Å². The number of methoxy groups -OCH3 is 1. The van der Waals surface area contributed by atoms with Crippen LogP contribution in [0.2, 0.25) is 0 Å². The highest BCUT2D eigenvalue weighted by molar-refractivity contribution is 9.10. The predicted molar refractivity (Wildman–Crippen MR) is 79.0 cm³/mol. The monoisotopic (exact) mass is 304 g/mol. The fourth-order valence-corrected chi connectivity index (χ4v) is 2.15. The summed E-state index contributed by atoms with van der Waals surface area (Å²) in [6.07, 6.45) is 1.97. The van der Waals surface area contributed by atoms with Gasteiger partial charge in [0.1, 0.15) is 0 Å². The van der Waals surface area contributed by atoms with Crippen molar-refractivity contribution in [2.45, 2.75) is 12.8 Å². The van der Waals surface area contributed by atoms with Crippen LogP contribution in [0.4, 0.5) is 0 Å². The van der Waals surface area contributed by atoms with Gasteiger partial charge in [0.25, 0.3) is 0 Å². The van der Waals surface area contributed by atoms with Crippen LogP contribution in [-0.2, 0) is 17.6 Å². The summed E-state index contributed by atoms with van der Waals surface area (Å²) < 4.78 is 6.20. The molecule has 2 heteroatoms. The first-order valence-electron chi connectivity index (χ1n) is 6.09. The highest BCUT2D eigenvalue weighted by Crippen LogP contribution is 2.15. The van der Waals surface area contributed by atoms with Gasteiger partial charge in [-0.3, -0.25) is 0 Å². The Morgan fingerprint density at radius 3 is 1.89 bits per heavy atom. The maximum absolute atomic E-state index is 5.08. The SMILES string of the molecule is COCCc1ccc(Cc2ccc(Br)cc2)cc1. The van der Waals surface area contributed by atoms with Crippen molar-refractivity contribution in [3.8, 4) is 0 Å². The van der Waals surface area contributed by atoms with Crippen molar-refractivity contribution in [1.82, 2.24) is 0 Å². The summed E-state index contributed by atoms with van der Waals surface area (Å²) >= 11 is 3.45. The van der Waals surface area contributed by atoms with Gasteiger partial charge in [-0.15, -0.1) is 0 Å². The second-order valence-corrected chi connectivity index (χ2v) is 5.28. The minimum Gasteiger partial charge on any atom is -0.384 e. The lowest BCUT2D eigenvalue weighted by Crippen LogP contribution is -1.95. The van der Waals surface area contributed by atoms with E-state index < -0.39 is 0 Å². The zero-order valence-electron chi connectivity index (χ0n) is 10.5. The minimum absolute atomic E-state index is 0.784. The molecule has 0 spiro atoms. The summed E-state index contributed by atoms with van der Waals surface area (Å²) in [5.41, 5.74) is 4.01. The summed E-state index contributed by atoms with van der Waals surface area (Å²) in [4.78, 5) is 0. The van der Waals surface area contributed by atoms with Gasteiger partial charge in [-0.25, -0.2) is 0 Å². The van der Waals surface area contributed by atoms with E-state index in [0.717, 1.165) is 23.9 Å². The second kappa shape index (κ2) is 6.72. The average molecular weight is 305 g/mol. The molecule has 0 aliphatic rings. The van der Waals surface area contributed by atoms with E-state index in [0.29, 0.717) is 0 Å². The number of ether oxygens (including phenoxy) is 1. The van der Waals surface area contributed by atoms with E-state index >= 15 is 0 Å². The standard InChI is InChI=1S/C16H17BrO/c1-18-11-10-13-2-4-14(5-3-13)12-15-6-8-16(17)9-7-15/h2-9H,10-12H2,1H3. The van der Waals surface area contributed by atoms with E-state index in [2.05, 4.69) is 64.5 Å². The van der Waals surface area contributed by atoms with E-state index in [-0.39, 0.29) is 0 Å². The first-order chi connectivity index (χ1) is 8.78. The maximum atomic E-state index is 5.08. The zero-order chi connectivity index (χ0) is 12.8. The van der Waals surface area contributed by atoms with Gasteiger partial charge in [-0.05, 0) is 41.7 Å². The molecule has 0 atom stereocenters. The molecule has 0 aliphatic carbocycles. The van der Waals surface area contributed by atoms with Crippen molar-refractivity contribution >= 4 is 15.9 Å². The van der Waals surface area contributed by atoms with E-state index in [1.54, 1.807) is 7.11 Å². The van der Waals surface area contributed by atoms with E-state index in [1.165, 1.54) is 16.7 Å². The molecule has 94 valence electrons. The van der Waals surface area contributed by atoms with Crippen molar-refractivity contribution in [3.63, 3.8) is 0 Å². The minimum atomic E-state index is 0.784. The lowest BCUT2D eigenvalue weighted by Gasteiger charge is -2.04. The van der Waals surface area contributed by atoms with Crippen molar-refractivity contribution in [2.75, 3.05) is 13.7 Å². The lowest BCUT2D eigenvalue weighted by molar-refractivity contribution is 0.202. The number of benzene rings is 2. The van der Waals surface area contributed by atoms with E-state index in [4.69, 9.17) is 4.74 Å². The maximum Gasteiger partial charge on any atom is 0.0502 e. The number of hydrogen-bond donors (Lipinski definition) is 0. The van der Waals surface area contributed by atoms with Crippen LogP contribution in [0.25, 0.3) is 0 Å². The average Bonchev–Trinajstić information content (AvgIpc) is 2.41. The smallest absolute Gasteiger partial charge is 0.0502 e. The van der Waals surface area contributed by atoms with Gasteiger partial charge >= 0.3 is 0 Å². The molecule has 0 heterocycles. The van der Waals surface area contributed by atoms with Crippen LogP contribution in [0.1, 0.15) is 16.7 Å². The Balaban J connectivity index is 1.99. The van der Waals surface area contributed by atoms with E-state index in [1.807, 2.05) is 0 Å². The van der Waals surface area contributed by atoms with Gasteiger partial charge in [-0.1, -0.05) is 52.3 Å². The molecule has 0 aliphatic heterocycles. The van der Waals surface area contributed by atoms with Crippen molar-refractivity contribution < 1.29 is 4.74 Å². The van der Waals surface area contributed by atoms with Gasteiger partial charge in [0, 0.05) is 11.6 Å². The largest absolute Gasteiger partial charge is 0.384 e. The molecule has 0 fully saturated rings. The summed E-state index contributed by atoms with van der Waals surface area (Å²) in [5.74, 6) is 0. The highest BCUT2D eigenvalue weighted by atomic mass is 79.9. The zero-order valence-corrected chi connectivity index (χ0v) is 12.1. The molecule has 0 unspecified atom stereocenters. The summed E-state index contributed by atoms with van der Waals surface area (Å²) in [6, 6.07) is 17.3. The van der Waals surface area contributed by atoms with Crippen LogP contribution in [0, 0.1) is 0 Å². The molecule has 0 saturated carbocycles. The van der Waals surface area contributed by atoms with Crippen LogP contribution >= 0.6 is 15.9 Å². The molecule has 2 aromatic rings. The number of hydrogen-bond acceptors (Lipinski definition) is 1. The number of rotatable bonds is 5. The molecule has 0 aromatic heterocycles. The molecule has 0 bridgehead atoms. The Morgan fingerprint density at radius 2 is 1.33 bits per heavy atom. The van der Waals surface area contributed by atoms with Crippen molar-refractivity contribution in [3.05, 3.63) is 69.7 Å². The fraction of sp³-hybridized carbons (Fsp3) is 0.250. The molecule has 18 heavy (non-hydrogen) atoms. The third-order valence-electron chi connectivity index (χ3n) is 2.94. The van der Waals surface area contributed by atoms with Gasteiger partial charge in [-0.2, -0.15) is 0 Å². The van der Waals surface area contributed by atoms with Gasteiger partial charge in [0.2, 0.25) is 0 Å². The van der Waals surface area contributed by atoms with Crippen molar-refractivity contribution in [2.24, 2.45) is 0 Å². The summed E-state index contributed by atoms with van der Waals surface area (Å²) in [6.45, 7) is 0.784. The van der Waals surface area contributed by atoms with Gasteiger partial charge in [0.05, 0.1) is 6.61 Å². The Kier molecular flexibility index (Phi) is 4.97. The molecule has 2 rings (SSSR count). The molecule has 1 nitrogen and oxygen atoms in total. The lowest BCUT2D eigenvalue weighted by atomic mass is 10.0. The number of halogens is 1. The van der Waals surface area contributed by atoms with E-state index in [9.17, 15) is 0 Å². The predicted octanol–water partition coefficient (Wildman–Crippen LogP) is 4.23. The fourth-order valence-electron chi connectivity index (χ4n) is 1.88. The van der Waals surface area contributed by atoms with Crippen LogP contribution < -0.4 is 0 Å². The molecule has 0 saturated heterocycles. The third-order valence-corrected chi connectivity index (χ3v) is 3.47. The highest BCUT2D eigenvalue weighted by Gasteiger charge is 1.98. The van der Waals surface area contributed by atoms with Gasteiger partial charge < -0.3 is 4.74 Å². The second-order valence-electron chi connectivity index (χ2n) is 4.36. The summed E-state index contributed by atoms with van der Waals surface area (Å²) in [7, 11) is 1.74. The van der Waals surface area contributed by atoms with Crippen molar-refractivity contribution in [1.29, 1.82) is 0 Å². The van der Waals surface area contributed by atoms with Crippen LogP contribution in [0.15, 0.2) is 53.0 Å². The molecule has 0 radical (unpaired) electrons. The Morgan fingerprint density at radius 1 is 0.833 bits per heavy atom. The summed E-state index contributed by atoms with van der Waals surface area (Å²) in [5, 5.41) is 0. The molecule has 0 amide bonds. The quantitative estimate of drug-likeness (QED) is 0.803. The third kappa shape index (κ3) is 3.97. The normalized spacial score (nSPS) is 10.6. The molecular weight excluding hydrogens is 288 g/mol. The molecule has 0 N–H and O–H groups in total. The van der Waals surface area contributed by atoms with Crippen LogP contribution in [0.5, 0.6) is 0 Å². The molecular formula is C16H17BrO. The van der Waals surface area contributed by atoms with Gasteiger partial charge in [0.15, 0.2) is 0 Å². The first-order valence-corrected chi connectivity index (χ1v) is 6.88. The Hall–Kier alpha value is -1.12. The van der Waals surface area contributed by atoms with Crippen LogP contribution in [0.3, 0.4) is 0 Å². The Bertz CT molecular complexity index is 473.